The maximum Gasteiger partial charge on any atom is 0.165 e. The summed E-state index contributed by atoms with van der Waals surface area (Å²) in [5, 5.41) is 0. The van der Waals surface area contributed by atoms with Crippen molar-refractivity contribution < 1.29 is 14.2 Å². The lowest BCUT2D eigenvalue weighted by Crippen LogP contribution is -2.81. The Morgan fingerprint density at radius 2 is 1.89 bits per heavy atom. The van der Waals surface area contributed by atoms with Crippen molar-refractivity contribution in [2.45, 2.75) is 74.7 Å². The number of fused-ring (bicyclic) bond motifs is 2. The van der Waals surface area contributed by atoms with Crippen LogP contribution in [0.4, 0.5) is 0 Å². The molecule has 4 saturated carbocycles. The lowest BCUT2D eigenvalue weighted by atomic mass is 9.34. The molecule has 5 aliphatic carbocycles. The number of rotatable bonds is 8. The fourth-order valence-corrected chi connectivity index (χ4v) is 10.2. The van der Waals surface area contributed by atoms with Gasteiger partial charge in [-0.05, 0) is 81.6 Å². The van der Waals surface area contributed by atoms with E-state index in [1.54, 1.807) is 7.11 Å². The van der Waals surface area contributed by atoms with Crippen LogP contribution >= 0.6 is 0 Å². The van der Waals surface area contributed by atoms with E-state index in [4.69, 9.17) is 14.2 Å². The maximum absolute atomic E-state index is 7.20. The van der Waals surface area contributed by atoms with Gasteiger partial charge in [-0.2, -0.15) is 0 Å². The molecule has 0 amide bonds. The minimum atomic E-state index is -0.269. The van der Waals surface area contributed by atoms with Crippen LogP contribution in [0.15, 0.2) is 42.5 Å². The lowest BCUT2D eigenvalue weighted by molar-refractivity contribution is -0.278. The summed E-state index contributed by atoms with van der Waals surface area (Å²) in [7, 11) is 6.05. The third-order valence-corrected chi connectivity index (χ3v) is 11.8. The molecular formula is C33H42N2O3. The third-order valence-electron chi connectivity index (χ3n) is 11.8. The molecule has 0 N–H and O–H groups in total. The van der Waals surface area contributed by atoms with Gasteiger partial charge in [0.1, 0.15) is 11.7 Å². The van der Waals surface area contributed by atoms with Gasteiger partial charge in [0.15, 0.2) is 11.5 Å². The summed E-state index contributed by atoms with van der Waals surface area (Å²) < 4.78 is 19.9. The van der Waals surface area contributed by atoms with Gasteiger partial charge in [0.05, 0.1) is 7.11 Å². The van der Waals surface area contributed by atoms with Crippen molar-refractivity contribution in [3.8, 4) is 11.5 Å². The van der Waals surface area contributed by atoms with Crippen molar-refractivity contribution in [2.24, 2.45) is 17.3 Å². The minimum Gasteiger partial charge on any atom is -0.493 e. The van der Waals surface area contributed by atoms with Gasteiger partial charge in [0.2, 0.25) is 0 Å². The van der Waals surface area contributed by atoms with Gasteiger partial charge >= 0.3 is 0 Å². The van der Waals surface area contributed by atoms with Gasteiger partial charge in [0.25, 0.3) is 0 Å². The highest BCUT2D eigenvalue weighted by Gasteiger charge is 2.80. The molecule has 2 aromatic rings. The van der Waals surface area contributed by atoms with Gasteiger partial charge in [-0.3, -0.25) is 4.90 Å². The third kappa shape index (κ3) is 2.93. The normalized spacial score (nSPS) is 38.3. The molecule has 4 bridgehead atoms. The molecule has 9 rings (SSSR count). The van der Waals surface area contributed by atoms with Crippen molar-refractivity contribution >= 4 is 0 Å². The number of likely N-dealkylation sites (tertiary alicyclic amines) is 1. The lowest BCUT2D eigenvalue weighted by Gasteiger charge is -2.74. The number of piperidine rings is 1. The molecule has 2 aliphatic heterocycles. The van der Waals surface area contributed by atoms with Gasteiger partial charge in [-0.15, -0.1) is 0 Å². The van der Waals surface area contributed by atoms with E-state index >= 15 is 0 Å². The number of nitrogens with zero attached hydrogens (tertiary/aromatic N) is 2. The second-order valence-electron chi connectivity index (χ2n) is 13.4. The van der Waals surface area contributed by atoms with Crippen molar-refractivity contribution in [2.75, 3.05) is 40.9 Å². The molecular weight excluding hydrogens is 472 g/mol. The zero-order valence-corrected chi connectivity index (χ0v) is 23.2. The molecule has 2 spiro atoms. The summed E-state index contributed by atoms with van der Waals surface area (Å²) in [5.41, 5.74) is 4.40. The summed E-state index contributed by atoms with van der Waals surface area (Å²) in [5.74, 6) is 3.31. The summed E-state index contributed by atoms with van der Waals surface area (Å²) in [4.78, 5) is 5.46. The van der Waals surface area contributed by atoms with Crippen LogP contribution in [0.1, 0.15) is 55.2 Å². The fourth-order valence-electron chi connectivity index (χ4n) is 10.2. The topological polar surface area (TPSA) is 34.2 Å². The van der Waals surface area contributed by atoms with Crippen molar-refractivity contribution in [3.05, 3.63) is 59.2 Å². The van der Waals surface area contributed by atoms with Gasteiger partial charge in [-0.1, -0.05) is 36.4 Å². The van der Waals surface area contributed by atoms with Crippen molar-refractivity contribution in [3.63, 3.8) is 0 Å². The second kappa shape index (κ2) is 8.22. The van der Waals surface area contributed by atoms with E-state index in [2.05, 4.69) is 59.3 Å². The molecule has 38 heavy (non-hydrogen) atoms. The van der Waals surface area contributed by atoms with E-state index in [1.165, 1.54) is 61.9 Å². The first kappa shape index (κ1) is 23.8. The summed E-state index contributed by atoms with van der Waals surface area (Å²) in [6, 6.07) is 16.0. The number of methoxy groups -OCH3 is 2. The standard InChI is InChI=1S/C33H42N2O3/c1-34(19-22-7-5-4-6-8-22)21-25-18-31-13-14-33(25,37-3)30-32(31)15-16-35(20-23-9-10-23)27(31)17-24-11-12-26(36-2)29(38-30)28(24)32/h4-8,11-12,23,25,27,30H,9-10,13-21H2,1-3H3/t25-,27+,30+,31+,32-,33+/m0/s1. The second-order valence-corrected chi connectivity index (χ2v) is 13.4. The first-order chi connectivity index (χ1) is 18.5. The number of ether oxygens (including phenoxy) is 3. The molecule has 5 fully saturated rings. The van der Waals surface area contributed by atoms with E-state index in [-0.39, 0.29) is 22.5 Å². The van der Waals surface area contributed by atoms with Gasteiger partial charge in [-0.25, -0.2) is 0 Å². The Kier molecular flexibility index (Phi) is 5.14. The number of hydrogen-bond donors (Lipinski definition) is 0. The molecule has 5 heteroatoms. The SMILES string of the molecule is COc1ccc2c3c1O[C@H]1[C@@]4(OC)CC[C@@]5(C[C@H]4CN(C)Cc4ccccc4)[C@@H](C2)N(CC2CC2)CC[C@]315. The predicted molar refractivity (Wildman–Crippen MR) is 148 cm³/mol. The Hall–Kier alpha value is -2.08. The Labute approximate surface area is 227 Å². The van der Waals surface area contributed by atoms with Crippen LogP contribution in [-0.4, -0.2) is 68.4 Å². The molecule has 5 nitrogen and oxygen atoms in total. The first-order valence-electron chi connectivity index (χ1n) is 14.9. The Morgan fingerprint density at radius 1 is 1.05 bits per heavy atom. The monoisotopic (exact) mass is 514 g/mol. The first-order valence-corrected chi connectivity index (χ1v) is 14.9. The van der Waals surface area contributed by atoms with Crippen LogP contribution in [0.3, 0.4) is 0 Å². The molecule has 6 atom stereocenters. The average molecular weight is 515 g/mol. The summed E-state index contributed by atoms with van der Waals surface area (Å²) in [6.07, 6.45) is 8.83. The van der Waals surface area contributed by atoms with Gasteiger partial charge in [0, 0.05) is 55.1 Å². The quantitative estimate of drug-likeness (QED) is 0.493. The Morgan fingerprint density at radius 3 is 2.66 bits per heavy atom. The number of hydrogen-bond acceptors (Lipinski definition) is 5. The van der Waals surface area contributed by atoms with E-state index in [9.17, 15) is 0 Å². The van der Waals surface area contributed by atoms with Gasteiger partial charge < -0.3 is 19.1 Å². The van der Waals surface area contributed by atoms with Crippen LogP contribution in [-0.2, 0) is 23.1 Å². The summed E-state index contributed by atoms with van der Waals surface area (Å²) in [6.45, 7) is 4.49. The van der Waals surface area contributed by atoms with Crippen molar-refractivity contribution in [1.29, 1.82) is 0 Å². The van der Waals surface area contributed by atoms with Crippen LogP contribution in [0.5, 0.6) is 11.5 Å². The van der Waals surface area contributed by atoms with Crippen LogP contribution < -0.4 is 9.47 Å². The largest absolute Gasteiger partial charge is 0.493 e. The molecule has 0 radical (unpaired) electrons. The summed E-state index contributed by atoms with van der Waals surface area (Å²) >= 11 is 0. The molecule has 2 aromatic carbocycles. The van der Waals surface area contributed by atoms with Crippen LogP contribution in [0, 0.1) is 17.3 Å². The fraction of sp³-hybridized carbons (Fsp3) is 0.636. The number of benzene rings is 2. The highest BCUT2D eigenvalue weighted by molar-refractivity contribution is 5.63. The van der Waals surface area contributed by atoms with E-state index in [0.29, 0.717) is 12.0 Å². The van der Waals surface area contributed by atoms with E-state index in [0.717, 1.165) is 43.3 Å². The van der Waals surface area contributed by atoms with Crippen LogP contribution in [0.25, 0.3) is 0 Å². The molecule has 0 unspecified atom stereocenters. The minimum absolute atomic E-state index is 0.0396. The smallest absolute Gasteiger partial charge is 0.165 e. The van der Waals surface area contributed by atoms with E-state index < -0.39 is 0 Å². The molecule has 0 aromatic heterocycles. The van der Waals surface area contributed by atoms with Crippen molar-refractivity contribution in [1.82, 2.24) is 9.80 Å². The zero-order valence-electron chi connectivity index (χ0n) is 23.2. The molecule has 2 heterocycles. The highest BCUT2D eigenvalue weighted by atomic mass is 16.6. The van der Waals surface area contributed by atoms with E-state index in [1.807, 2.05) is 7.11 Å². The molecule has 7 aliphatic rings. The molecule has 1 saturated heterocycles. The highest BCUT2D eigenvalue weighted by Crippen LogP contribution is 2.76. The predicted octanol–water partition coefficient (Wildman–Crippen LogP) is 5.05. The Bertz CT molecular complexity index is 1250. The zero-order chi connectivity index (χ0) is 25.7. The Balaban J connectivity index is 1.24. The maximum atomic E-state index is 7.20. The molecule has 202 valence electrons. The average Bonchev–Trinajstić information content (AvgIpc) is 3.67. The van der Waals surface area contributed by atoms with Crippen LogP contribution in [0.2, 0.25) is 0 Å².